The highest BCUT2D eigenvalue weighted by molar-refractivity contribution is 7.99. The number of benzene rings is 1. The number of nitrogens with one attached hydrogen (secondary N) is 1. The number of carbonyl (C=O) groups is 1. The predicted octanol–water partition coefficient (Wildman–Crippen LogP) is 1.76. The number of hydrogen-bond donors (Lipinski definition) is 1. The standard InChI is InChI=1S/C20H21N5O4S/c1-4-10-25-18(27)15(13(2)21-19(25)28)11-16-22-23-20(29-16)30-12-17(26)24(3)14-8-6-5-7-9-14/h4-9H,1,10-12H2,2-3H3,(H,21,28). The van der Waals surface area contributed by atoms with Crippen LogP contribution in [-0.4, -0.2) is 38.5 Å². The smallest absolute Gasteiger partial charge is 0.328 e. The Morgan fingerprint density at radius 3 is 2.73 bits per heavy atom. The van der Waals surface area contributed by atoms with Crippen LogP contribution in [-0.2, 0) is 17.8 Å². The van der Waals surface area contributed by atoms with E-state index in [1.54, 1.807) is 18.9 Å². The van der Waals surface area contributed by atoms with Crippen LogP contribution >= 0.6 is 11.8 Å². The van der Waals surface area contributed by atoms with Gasteiger partial charge in [0.1, 0.15) is 0 Å². The van der Waals surface area contributed by atoms with Crippen LogP contribution in [0.3, 0.4) is 0 Å². The molecule has 0 unspecified atom stereocenters. The number of aromatic nitrogens is 4. The van der Waals surface area contributed by atoms with Crippen LogP contribution < -0.4 is 16.1 Å². The molecular formula is C20H21N5O4S. The first kappa shape index (κ1) is 21.3. The van der Waals surface area contributed by atoms with Crippen LogP contribution in [0, 0.1) is 6.92 Å². The first-order chi connectivity index (χ1) is 14.4. The minimum Gasteiger partial charge on any atom is -0.416 e. The summed E-state index contributed by atoms with van der Waals surface area (Å²) in [4.78, 5) is 41.1. The zero-order chi connectivity index (χ0) is 21.7. The maximum Gasteiger partial charge on any atom is 0.328 e. The fourth-order valence-electron chi connectivity index (χ4n) is 2.76. The maximum absolute atomic E-state index is 12.6. The van der Waals surface area contributed by atoms with Gasteiger partial charge in [-0.15, -0.1) is 16.8 Å². The molecule has 0 radical (unpaired) electrons. The lowest BCUT2D eigenvalue weighted by Gasteiger charge is -2.16. The molecule has 0 spiro atoms. The van der Waals surface area contributed by atoms with Gasteiger partial charge in [0.2, 0.25) is 11.8 Å². The van der Waals surface area contributed by atoms with Crippen molar-refractivity contribution in [1.82, 2.24) is 19.7 Å². The van der Waals surface area contributed by atoms with E-state index in [0.717, 1.165) is 22.0 Å². The van der Waals surface area contributed by atoms with E-state index < -0.39 is 11.2 Å². The molecule has 9 nitrogen and oxygen atoms in total. The van der Waals surface area contributed by atoms with Gasteiger partial charge in [-0.05, 0) is 19.1 Å². The molecular weight excluding hydrogens is 406 g/mol. The van der Waals surface area contributed by atoms with Crippen molar-refractivity contribution in [3.05, 3.63) is 81.0 Å². The van der Waals surface area contributed by atoms with Gasteiger partial charge < -0.3 is 14.3 Å². The predicted molar refractivity (Wildman–Crippen MR) is 114 cm³/mol. The van der Waals surface area contributed by atoms with E-state index in [-0.39, 0.29) is 35.7 Å². The van der Waals surface area contributed by atoms with Gasteiger partial charge in [-0.25, -0.2) is 4.79 Å². The van der Waals surface area contributed by atoms with Crippen molar-refractivity contribution in [2.24, 2.45) is 0 Å². The van der Waals surface area contributed by atoms with Gasteiger partial charge in [-0.3, -0.25) is 14.2 Å². The molecule has 0 fully saturated rings. The molecule has 0 saturated carbocycles. The third-order valence-electron chi connectivity index (χ3n) is 4.42. The Bertz CT molecular complexity index is 1170. The summed E-state index contributed by atoms with van der Waals surface area (Å²) in [6.07, 6.45) is 1.55. The molecule has 0 bridgehead atoms. The average molecular weight is 427 g/mol. The van der Waals surface area contributed by atoms with Crippen molar-refractivity contribution in [2.45, 2.75) is 25.1 Å². The second-order valence-electron chi connectivity index (χ2n) is 6.45. The SMILES string of the molecule is C=CCn1c(=O)[nH]c(C)c(Cc2nnc(SCC(=O)N(C)c3ccccc3)o2)c1=O. The Labute approximate surface area is 176 Å². The molecule has 3 aromatic rings. The number of aryl methyl sites for hydroxylation is 1. The van der Waals surface area contributed by atoms with E-state index in [0.29, 0.717) is 11.3 Å². The number of nitrogens with zero attached hydrogens (tertiary/aromatic N) is 4. The van der Waals surface area contributed by atoms with Crippen LogP contribution in [0.2, 0.25) is 0 Å². The van der Waals surface area contributed by atoms with Gasteiger partial charge in [0.25, 0.3) is 10.8 Å². The third kappa shape index (κ3) is 4.77. The van der Waals surface area contributed by atoms with Crippen molar-refractivity contribution in [3.8, 4) is 0 Å². The van der Waals surface area contributed by atoms with Gasteiger partial charge in [0.15, 0.2) is 0 Å². The molecule has 1 N–H and O–H groups in total. The zero-order valence-corrected chi connectivity index (χ0v) is 17.4. The molecule has 2 aromatic heterocycles. The van der Waals surface area contributed by atoms with Gasteiger partial charge in [0.05, 0.1) is 12.2 Å². The maximum atomic E-state index is 12.6. The summed E-state index contributed by atoms with van der Waals surface area (Å²) in [5.41, 5.74) is 0.666. The molecule has 0 aliphatic heterocycles. The van der Waals surface area contributed by atoms with Gasteiger partial charge in [-0.1, -0.05) is 36.0 Å². The lowest BCUT2D eigenvalue weighted by molar-refractivity contribution is -0.115. The number of aromatic amines is 1. The van der Waals surface area contributed by atoms with Gasteiger partial charge in [0, 0.05) is 30.5 Å². The summed E-state index contributed by atoms with van der Waals surface area (Å²) in [5, 5.41) is 8.11. The lowest BCUT2D eigenvalue weighted by Crippen LogP contribution is -2.37. The van der Waals surface area contributed by atoms with E-state index in [9.17, 15) is 14.4 Å². The Kier molecular flexibility index (Phi) is 6.68. The Morgan fingerprint density at radius 1 is 1.30 bits per heavy atom. The van der Waals surface area contributed by atoms with Crippen molar-refractivity contribution in [1.29, 1.82) is 0 Å². The molecule has 156 valence electrons. The largest absolute Gasteiger partial charge is 0.416 e. The van der Waals surface area contributed by atoms with Gasteiger partial charge in [-0.2, -0.15) is 0 Å². The number of hydrogen-bond acceptors (Lipinski definition) is 7. The average Bonchev–Trinajstić information content (AvgIpc) is 3.20. The molecule has 1 aromatic carbocycles. The lowest BCUT2D eigenvalue weighted by atomic mass is 10.1. The normalized spacial score (nSPS) is 10.7. The molecule has 2 heterocycles. The molecule has 0 atom stereocenters. The molecule has 0 aliphatic carbocycles. The van der Waals surface area contributed by atoms with Crippen molar-refractivity contribution in [3.63, 3.8) is 0 Å². The highest BCUT2D eigenvalue weighted by atomic mass is 32.2. The number of rotatable bonds is 8. The number of para-hydroxylation sites is 1. The summed E-state index contributed by atoms with van der Waals surface area (Å²) in [7, 11) is 1.70. The molecule has 10 heteroatoms. The number of allylic oxidation sites excluding steroid dienone is 1. The highest BCUT2D eigenvalue weighted by Crippen LogP contribution is 2.19. The molecule has 1 amide bonds. The van der Waals surface area contributed by atoms with E-state index in [1.165, 1.54) is 6.08 Å². The topological polar surface area (TPSA) is 114 Å². The summed E-state index contributed by atoms with van der Waals surface area (Å²) < 4.78 is 6.63. The second kappa shape index (κ2) is 9.40. The number of thioether (sulfide) groups is 1. The molecule has 0 aliphatic rings. The molecule has 3 rings (SSSR count). The van der Waals surface area contributed by atoms with Crippen LogP contribution in [0.5, 0.6) is 0 Å². The van der Waals surface area contributed by atoms with Crippen LogP contribution in [0.1, 0.15) is 17.1 Å². The fourth-order valence-corrected chi connectivity index (χ4v) is 3.45. The van der Waals surface area contributed by atoms with Crippen LogP contribution in [0.15, 0.2) is 62.2 Å². The monoisotopic (exact) mass is 427 g/mol. The van der Waals surface area contributed by atoms with E-state index in [1.807, 2.05) is 30.3 Å². The van der Waals surface area contributed by atoms with Gasteiger partial charge >= 0.3 is 5.69 Å². The summed E-state index contributed by atoms with van der Waals surface area (Å²) >= 11 is 1.12. The number of carbonyl (C=O) groups excluding carboxylic acids is 1. The Balaban J connectivity index is 1.68. The Morgan fingerprint density at radius 2 is 2.03 bits per heavy atom. The van der Waals surface area contributed by atoms with E-state index in [2.05, 4.69) is 21.8 Å². The van der Waals surface area contributed by atoms with Crippen molar-refractivity contribution < 1.29 is 9.21 Å². The third-order valence-corrected chi connectivity index (χ3v) is 5.22. The minimum absolute atomic E-state index is 0.0734. The van der Waals surface area contributed by atoms with E-state index in [4.69, 9.17) is 4.42 Å². The summed E-state index contributed by atoms with van der Waals surface area (Å²) in [6, 6.07) is 9.29. The van der Waals surface area contributed by atoms with Crippen molar-refractivity contribution >= 4 is 23.4 Å². The van der Waals surface area contributed by atoms with Crippen LogP contribution in [0.25, 0.3) is 0 Å². The summed E-state index contributed by atoms with van der Waals surface area (Å²) in [5.74, 6) is 0.227. The number of H-pyrrole nitrogens is 1. The first-order valence-electron chi connectivity index (χ1n) is 9.11. The van der Waals surface area contributed by atoms with E-state index >= 15 is 0 Å². The zero-order valence-electron chi connectivity index (χ0n) is 16.6. The minimum atomic E-state index is -0.496. The first-order valence-corrected chi connectivity index (χ1v) is 10.1. The molecule has 30 heavy (non-hydrogen) atoms. The highest BCUT2D eigenvalue weighted by Gasteiger charge is 2.17. The second-order valence-corrected chi connectivity index (χ2v) is 7.38. The summed E-state index contributed by atoms with van der Waals surface area (Å²) in [6.45, 7) is 5.30. The fraction of sp³-hybridized carbons (Fsp3) is 0.250. The Hall–Kier alpha value is -3.40. The quantitative estimate of drug-likeness (QED) is 0.430. The van der Waals surface area contributed by atoms with Crippen LogP contribution in [0.4, 0.5) is 5.69 Å². The number of anilines is 1. The number of amides is 1. The van der Waals surface area contributed by atoms with Crippen molar-refractivity contribution in [2.75, 3.05) is 17.7 Å². The molecule has 0 saturated heterocycles.